The van der Waals surface area contributed by atoms with Gasteiger partial charge in [0, 0.05) is 7.05 Å². The van der Waals surface area contributed by atoms with Crippen molar-refractivity contribution in [2.75, 3.05) is 13.6 Å². The van der Waals surface area contributed by atoms with E-state index >= 15 is 0 Å². The van der Waals surface area contributed by atoms with Crippen LogP contribution in [0.3, 0.4) is 0 Å². The predicted molar refractivity (Wildman–Crippen MR) is 69.2 cm³/mol. The molecule has 7 heteroatoms. The maximum absolute atomic E-state index is 12.8. The number of nitrogens with two attached hydrogens (primary N) is 1. The van der Waals surface area contributed by atoms with Crippen LogP contribution < -0.4 is 5.73 Å². The van der Waals surface area contributed by atoms with Crippen LogP contribution in [0, 0.1) is 0 Å². The van der Waals surface area contributed by atoms with Crippen molar-refractivity contribution >= 4 is 11.8 Å². The third kappa shape index (κ3) is 3.01. The molecule has 1 fully saturated rings. The van der Waals surface area contributed by atoms with Crippen LogP contribution in [-0.4, -0.2) is 30.3 Å². The Morgan fingerprint density at radius 1 is 1.33 bits per heavy atom. The standard InChI is InChI=1S/C14H15F3N2O2/c1-19(8-11(18)20)12(21)13(5-6-13)9-3-2-4-10(7-9)14(15,16)17/h2-4,7H,5-6,8H2,1H3,(H2,18,20). The second kappa shape index (κ2) is 5.05. The molecular formula is C14H15F3N2O2. The fourth-order valence-corrected chi connectivity index (χ4v) is 2.42. The fraction of sp³-hybridized carbons (Fsp3) is 0.429. The first kappa shape index (κ1) is 15.3. The van der Waals surface area contributed by atoms with E-state index in [-0.39, 0.29) is 12.5 Å². The molecule has 2 rings (SSSR count). The van der Waals surface area contributed by atoms with Crippen LogP contribution in [0.1, 0.15) is 24.0 Å². The summed E-state index contributed by atoms with van der Waals surface area (Å²) in [6, 6.07) is 4.78. The second-order valence-corrected chi connectivity index (χ2v) is 5.29. The highest BCUT2D eigenvalue weighted by Gasteiger charge is 2.53. The third-order valence-electron chi connectivity index (χ3n) is 3.64. The normalized spacial score (nSPS) is 16.4. The summed E-state index contributed by atoms with van der Waals surface area (Å²) in [7, 11) is 1.42. The van der Waals surface area contributed by atoms with Crippen LogP contribution in [0.5, 0.6) is 0 Å². The highest BCUT2D eigenvalue weighted by atomic mass is 19.4. The van der Waals surface area contributed by atoms with Gasteiger partial charge in [0.05, 0.1) is 17.5 Å². The lowest BCUT2D eigenvalue weighted by atomic mass is 9.92. The van der Waals surface area contributed by atoms with Crippen molar-refractivity contribution in [3.8, 4) is 0 Å². The zero-order valence-electron chi connectivity index (χ0n) is 11.4. The Balaban J connectivity index is 2.29. The van der Waals surface area contributed by atoms with Gasteiger partial charge in [-0.1, -0.05) is 18.2 Å². The number of halogens is 3. The minimum atomic E-state index is -4.45. The summed E-state index contributed by atoms with van der Waals surface area (Å²) in [5, 5.41) is 0. The summed E-state index contributed by atoms with van der Waals surface area (Å²) in [6.07, 6.45) is -3.51. The van der Waals surface area contributed by atoms with E-state index in [2.05, 4.69) is 0 Å². The van der Waals surface area contributed by atoms with E-state index in [1.165, 1.54) is 19.2 Å². The first-order valence-electron chi connectivity index (χ1n) is 6.38. The number of nitrogens with zero attached hydrogens (tertiary/aromatic N) is 1. The molecule has 1 aromatic carbocycles. The molecule has 0 atom stereocenters. The molecule has 2 amide bonds. The molecule has 114 valence electrons. The third-order valence-corrected chi connectivity index (χ3v) is 3.64. The van der Waals surface area contributed by atoms with Crippen molar-refractivity contribution in [1.82, 2.24) is 4.90 Å². The number of benzene rings is 1. The number of amides is 2. The van der Waals surface area contributed by atoms with Gasteiger partial charge in [-0.25, -0.2) is 0 Å². The van der Waals surface area contributed by atoms with Crippen molar-refractivity contribution in [2.45, 2.75) is 24.4 Å². The maximum Gasteiger partial charge on any atom is 0.416 e. The number of carbonyl (C=O) groups excluding carboxylic acids is 2. The topological polar surface area (TPSA) is 63.4 Å². The Morgan fingerprint density at radius 2 is 1.95 bits per heavy atom. The minimum Gasteiger partial charge on any atom is -0.368 e. The summed E-state index contributed by atoms with van der Waals surface area (Å²) >= 11 is 0. The van der Waals surface area contributed by atoms with Gasteiger partial charge in [-0.3, -0.25) is 9.59 Å². The highest BCUT2D eigenvalue weighted by Crippen LogP contribution is 2.50. The van der Waals surface area contributed by atoms with E-state index in [1.807, 2.05) is 0 Å². The van der Waals surface area contributed by atoms with Crippen molar-refractivity contribution < 1.29 is 22.8 Å². The molecule has 0 unspecified atom stereocenters. The number of rotatable bonds is 4. The van der Waals surface area contributed by atoms with E-state index < -0.39 is 23.1 Å². The molecule has 0 heterocycles. The van der Waals surface area contributed by atoms with Crippen molar-refractivity contribution in [1.29, 1.82) is 0 Å². The summed E-state index contributed by atoms with van der Waals surface area (Å²) in [5.41, 5.74) is 3.63. The van der Waals surface area contributed by atoms with E-state index in [0.717, 1.165) is 17.0 Å². The summed E-state index contributed by atoms with van der Waals surface area (Å²) in [5.74, 6) is -1.04. The fourth-order valence-electron chi connectivity index (χ4n) is 2.42. The zero-order valence-corrected chi connectivity index (χ0v) is 11.4. The number of hydrogen-bond acceptors (Lipinski definition) is 2. The van der Waals surface area contributed by atoms with E-state index in [1.54, 1.807) is 0 Å². The molecule has 0 saturated heterocycles. The molecule has 1 aromatic rings. The van der Waals surface area contributed by atoms with Gasteiger partial charge in [-0.15, -0.1) is 0 Å². The first-order chi connectivity index (χ1) is 9.67. The van der Waals surface area contributed by atoms with Gasteiger partial charge in [0.2, 0.25) is 11.8 Å². The van der Waals surface area contributed by atoms with E-state index in [9.17, 15) is 22.8 Å². The predicted octanol–water partition coefficient (Wildman–Crippen LogP) is 1.68. The number of likely N-dealkylation sites (N-methyl/N-ethyl adjacent to an activating group) is 1. The Kier molecular flexibility index (Phi) is 3.69. The molecular weight excluding hydrogens is 285 g/mol. The monoisotopic (exact) mass is 300 g/mol. The number of hydrogen-bond donors (Lipinski definition) is 1. The molecule has 1 aliphatic carbocycles. The molecule has 0 radical (unpaired) electrons. The van der Waals surface area contributed by atoms with Crippen LogP contribution in [0.4, 0.5) is 13.2 Å². The summed E-state index contributed by atoms with van der Waals surface area (Å²) in [4.78, 5) is 24.4. The summed E-state index contributed by atoms with van der Waals surface area (Å²) < 4.78 is 38.3. The molecule has 0 spiro atoms. The molecule has 0 bridgehead atoms. The smallest absolute Gasteiger partial charge is 0.368 e. The lowest BCUT2D eigenvalue weighted by Gasteiger charge is -2.23. The van der Waals surface area contributed by atoms with Crippen LogP contribution >= 0.6 is 0 Å². The van der Waals surface area contributed by atoms with Crippen LogP contribution in [0.15, 0.2) is 24.3 Å². The van der Waals surface area contributed by atoms with Crippen LogP contribution in [0.25, 0.3) is 0 Å². The van der Waals surface area contributed by atoms with Crippen LogP contribution in [0.2, 0.25) is 0 Å². The van der Waals surface area contributed by atoms with Gasteiger partial charge in [0.25, 0.3) is 0 Å². The van der Waals surface area contributed by atoms with E-state index in [0.29, 0.717) is 18.4 Å². The number of primary amides is 1. The first-order valence-corrected chi connectivity index (χ1v) is 6.38. The van der Waals surface area contributed by atoms with Gasteiger partial charge in [-0.2, -0.15) is 13.2 Å². The molecule has 1 aliphatic rings. The van der Waals surface area contributed by atoms with Gasteiger partial charge < -0.3 is 10.6 Å². The Hall–Kier alpha value is -2.05. The highest BCUT2D eigenvalue weighted by molar-refractivity contribution is 5.93. The van der Waals surface area contributed by atoms with Gasteiger partial charge in [0.1, 0.15) is 0 Å². The van der Waals surface area contributed by atoms with Crippen molar-refractivity contribution in [3.05, 3.63) is 35.4 Å². The Labute approximate surface area is 119 Å². The number of carbonyl (C=O) groups is 2. The minimum absolute atomic E-state index is 0.250. The number of alkyl halides is 3. The molecule has 0 aliphatic heterocycles. The van der Waals surface area contributed by atoms with Crippen LogP contribution in [-0.2, 0) is 21.2 Å². The quantitative estimate of drug-likeness (QED) is 0.919. The maximum atomic E-state index is 12.8. The molecule has 1 saturated carbocycles. The Morgan fingerprint density at radius 3 is 2.43 bits per heavy atom. The SMILES string of the molecule is CN(CC(N)=O)C(=O)C1(c2cccc(C(F)(F)F)c2)CC1. The average Bonchev–Trinajstić information content (AvgIpc) is 3.17. The molecule has 0 aromatic heterocycles. The largest absolute Gasteiger partial charge is 0.416 e. The van der Waals surface area contributed by atoms with Gasteiger partial charge in [-0.05, 0) is 24.5 Å². The molecule has 4 nitrogen and oxygen atoms in total. The molecule has 21 heavy (non-hydrogen) atoms. The summed E-state index contributed by atoms with van der Waals surface area (Å²) in [6.45, 7) is -0.250. The van der Waals surface area contributed by atoms with Gasteiger partial charge in [0.15, 0.2) is 0 Å². The van der Waals surface area contributed by atoms with Crippen molar-refractivity contribution in [3.63, 3.8) is 0 Å². The average molecular weight is 300 g/mol. The zero-order chi connectivity index (χ0) is 15.8. The van der Waals surface area contributed by atoms with E-state index in [4.69, 9.17) is 5.73 Å². The lowest BCUT2D eigenvalue weighted by molar-refractivity contribution is -0.138. The molecule has 2 N–H and O–H groups in total. The van der Waals surface area contributed by atoms with Gasteiger partial charge >= 0.3 is 6.18 Å². The Bertz CT molecular complexity index is 580. The van der Waals surface area contributed by atoms with Crippen molar-refractivity contribution in [2.24, 2.45) is 5.73 Å². The lowest BCUT2D eigenvalue weighted by Crippen LogP contribution is -2.41. The second-order valence-electron chi connectivity index (χ2n) is 5.29.